The van der Waals surface area contributed by atoms with Crippen molar-refractivity contribution in [3.8, 4) is 0 Å². The normalized spacial score (nSPS) is 4.57. The van der Waals surface area contributed by atoms with E-state index in [1.807, 2.05) is 0 Å². The zero-order valence-electron chi connectivity index (χ0n) is 9.70. The first-order valence-corrected chi connectivity index (χ1v) is 2.19. The van der Waals surface area contributed by atoms with E-state index in [0.717, 1.165) is 0 Å². The summed E-state index contributed by atoms with van der Waals surface area (Å²) in [4.78, 5) is 33.0. The van der Waals surface area contributed by atoms with Crippen LogP contribution in [0.2, 0.25) is 0 Å². The molecule has 2 N–H and O–H groups in total. The quantitative estimate of drug-likeness (QED) is 0.144. The van der Waals surface area contributed by atoms with Crippen molar-refractivity contribution in [3.05, 3.63) is 61.3 Å². The molecule has 0 fully saturated rings. The van der Waals surface area contributed by atoms with Gasteiger partial charge in [-0.2, -0.15) is 0 Å². The van der Waals surface area contributed by atoms with Gasteiger partial charge >= 0.3 is 147 Å². The standard InChI is InChI=1S/3Ba.4NO3.2H2O/c;;;4*2-1(3)4;;/h;;;;;;;2*1H2/q3*+2;4*-1;;/p-2. The molecule has 0 aliphatic rings. The molecule has 0 aliphatic carbocycles. The second-order valence-electron chi connectivity index (χ2n) is 0.894. The molecule has 0 rings (SSSR count). The van der Waals surface area contributed by atoms with E-state index in [9.17, 15) is 0 Å². The molecule has 0 radical (unpaired) electrons. The van der Waals surface area contributed by atoms with Crippen molar-refractivity contribution in [2.75, 3.05) is 0 Å². The molecule has 0 aromatic rings. The Hall–Kier alpha value is 1.43. The summed E-state index contributed by atoms with van der Waals surface area (Å²) < 4.78 is 0. The fourth-order valence-electron chi connectivity index (χ4n) is 0. The summed E-state index contributed by atoms with van der Waals surface area (Å²) in [5, 5.41) is 59.0. The summed E-state index contributed by atoms with van der Waals surface area (Å²) in [5.74, 6) is 0. The van der Waals surface area contributed by atoms with Gasteiger partial charge in [0.05, 0.1) is 20.3 Å². The van der Waals surface area contributed by atoms with Crippen LogP contribution in [0, 0.1) is 61.3 Å². The second-order valence-corrected chi connectivity index (χ2v) is 0.894. The molecule has 18 nitrogen and oxygen atoms in total. The fraction of sp³-hybridized carbons (Fsp3) is 0. The molecule has 0 bridgehead atoms. The summed E-state index contributed by atoms with van der Waals surface area (Å²) in [6.45, 7) is 0. The first-order valence-electron chi connectivity index (χ1n) is 2.19. The number of hydrogen-bond acceptors (Lipinski definition) is 14. The third-order valence-electron chi connectivity index (χ3n) is 0. The van der Waals surface area contributed by atoms with E-state index < -0.39 is 20.3 Å². The molecular weight excluding hydrogens is 692 g/mol. The molecule has 0 aliphatic heterocycles. The minimum atomic E-state index is -1.75. The molecule has 0 heterocycles. The molecule has 21 heteroatoms. The van der Waals surface area contributed by atoms with Crippen LogP contribution in [0.3, 0.4) is 0 Å². The van der Waals surface area contributed by atoms with Crippen LogP contribution < -0.4 is 0 Å². The first kappa shape index (κ1) is 57.1. The van der Waals surface area contributed by atoms with E-state index in [-0.39, 0.29) is 158 Å². The molecular formula is H2Ba3N4O14. The van der Waals surface area contributed by atoms with E-state index in [4.69, 9.17) is 61.3 Å². The molecule has 0 atom stereocenters. The van der Waals surface area contributed by atoms with E-state index in [1.165, 1.54) is 0 Å². The van der Waals surface area contributed by atoms with Crippen molar-refractivity contribution >= 4 is 147 Å². The predicted molar refractivity (Wildman–Crippen MR) is 62.6 cm³/mol. The van der Waals surface area contributed by atoms with Gasteiger partial charge in [-0.05, 0) is 0 Å². The minimum absolute atomic E-state index is 0. The van der Waals surface area contributed by atoms with Gasteiger partial charge < -0.3 is 72.2 Å². The van der Waals surface area contributed by atoms with E-state index in [0.29, 0.717) is 0 Å². The SMILES string of the molecule is O=[N+]([O-])[O-].O=[N+]([O-])[O-].O=[N+]([O-])[O-].O=[N+]([O-])[O-].[Ba+2].[Ba+2].[Ba+2].[OH-].[OH-]. The largest absolute Gasteiger partial charge is 2.00 e. The second kappa shape index (κ2) is 49.6. The third-order valence-corrected chi connectivity index (χ3v) is 0. The zero-order valence-corrected chi connectivity index (χ0v) is 23.0. The van der Waals surface area contributed by atoms with Crippen LogP contribution >= 0.6 is 0 Å². The molecule has 0 amide bonds. The van der Waals surface area contributed by atoms with Crippen LogP contribution in [-0.2, 0) is 0 Å². The average Bonchev–Trinajstić information content (AvgIpc) is 1.76. The molecule has 0 saturated carbocycles. The maximum absolute atomic E-state index is 8.25. The Balaban J connectivity index is -0.0000000121. The summed E-state index contributed by atoms with van der Waals surface area (Å²) >= 11 is 0. The number of hydrogen-bond donors (Lipinski definition) is 0. The van der Waals surface area contributed by atoms with E-state index in [2.05, 4.69) is 0 Å². The zero-order chi connectivity index (χ0) is 14.3. The van der Waals surface area contributed by atoms with Gasteiger partial charge in [-0.1, -0.05) is 0 Å². The van der Waals surface area contributed by atoms with Crippen molar-refractivity contribution in [2.45, 2.75) is 0 Å². The Morgan fingerprint density at radius 3 is 0.381 bits per heavy atom. The molecule has 21 heavy (non-hydrogen) atoms. The van der Waals surface area contributed by atoms with Gasteiger partial charge in [-0.15, -0.1) is 0 Å². The number of nitrogens with zero attached hydrogens (tertiary/aromatic N) is 4. The molecule has 0 unspecified atom stereocenters. The summed E-state index contributed by atoms with van der Waals surface area (Å²) in [5.41, 5.74) is 0. The van der Waals surface area contributed by atoms with Gasteiger partial charge in [-0.25, -0.2) is 0 Å². The summed E-state index contributed by atoms with van der Waals surface area (Å²) in [6, 6.07) is 0. The Kier molecular flexibility index (Phi) is 135. The molecule has 0 saturated heterocycles. The van der Waals surface area contributed by atoms with Crippen molar-refractivity contribution in [2.24, 2.45) is 0 Å². The van der Waals surface area contributed by atoms with Gasteiger partial charge in [0.2, 0.25) is 0 Å². The van der Waals surface area contributed by atoms with Gasteiger partial charge in [0, 0.05) is 0 Å². The van der Waals surface area contributed by atoms with Gasteiger partial charge in [0.15, 0.2) is 0 Å². The predicted octanol–water partition coefficient (Wildman–Crippen LogP) is -2.45. The molecule has 112 valence electrons. The van der Waals surface area contributed by atoms with Crippen LogP contribution in [0.25, 0.3) is 0 Å². The summed E-state index contributed by atoms with van der Waals surface area (Å²) in [6.07, 6.45) is 0. The molecule has 0 aromatic heterocycles. The smallest absolute Gasteiger partial charge is 0.870 e. The maximum atomic E-state index is 8.25. The van der Waals surface area contributed by atoms with Crippen LogP contribution in [-0.4, -0.2) is 178 Å². The molecule has 0 spiro atoms. The van der Waals surface area contributed by atoms with Crippen molar-refractivity contribution in [1.82, 2.24) is 0 Å². The Morgan fingerprint density at radius 2 is 0.381 bits per heavy atom. The first-order chi connectivity index (χ1) is 6.93. The average molecular weight is 694 g/mol. The van der Waals surface area contributed by atoms with Crippen LogP contribution in [0.4, 0.5) is 0 Å². The van der Waals surface area contributed by atoms with Crippen LogP contribution in [0.5, 0.6) is 0 Å². The topological polar surface area (TPSA) is 325 Å². The van der Waals surface area contributed by atoms with Crippen LogP contribution in [0.15, 0.2) is 0 Å². The van der Waals surface area contributed by atoms with Gasteiger partial charge in [0.1, 0.15) is 0 Å². The van der Waals surface area contributed by atoms with Crippen molar-refractivity contribution < 1.29 is 31.3 Å². The monoisotopic (exact) mass is 696 g/mol. The fourth-order valence-corrected chi connectivity index (χ4v) is 0. The van der Waals surface area contributed by atoms with Gasteiger partial charge in [0.25, 0.3) is 0 Å². The molecule has 0 aromatic carbocycles. The Morgan fingerprint density at radius 1 is 0.381 bits per heavy atom. The van der Waals surface area contributed by atoms with Crippen LogP contribution in [0.1, 0.15) is 0 Å². The Labute approximate surface area is 234 Å². The van der Waals surface area contributed by atoms with Crippen molar-refractivity contribution in [1.29, 1.82) is 0 Å². The third kappa shape index (κ3) is 3940. The van der Waals surface area contributed by atoms with Crippen molar-refractivity contribution in [3.63, 3.8) is 0 Å². The van der Waals surface area contributed by atoms with Gasteiger partial charge in [-0.3, -0.25) is 0 Å². The number of rotatable bonds is 0. The summed E-state index contributed by atoms with van der Waals surface area (Å²) in [7, 11) is 0. The van der Waals surface area contributed by atoms with E-state index in [1.54, 1.807) is 0 Å². The minimum Gasteiger partial charge on any atom is -0.870 e. The van der Waals surface area contributed by atoms with E-state index >= 15 is 0 Å². The maximum Gasteiger partial charge on any atom is 2.00 e. The Bertz CT molecular complexity index is 166.